The first-order chi connectivity index (χ1) is 17.2. The van der Waals surface area contributed by atoms with Crippen LogP contribution in [0.25, 0.3) is 11.1 Å². The summed E-state index contributed by atoms with van der Waals surface area (Å²) in [6.45, 7) is 2.77. The van der Waals surface area contributed by atoms with Crippen LogP contribution in [0.2, 0.25) is 0 Å². The molecule has 0 aromatic heterocycles. The van der Waals surface area contributed by atoms with E-state index in [-0.39, 0.29) is 16.1 Å². The lowest BCUT2D eigenvalue weighted by Gasteiger charge is -2.13. The minimum atomic E-state index is -3.96. The van der Waals surface area contributed by atoms with Gasteiger partial charge in [0.1, 0.15) is 0 Å². The number of thiol groups is 1. The molecule has 2 amide bonds. The van der Waals surface area contributed by atoms with Crippen molar-refractivity contribution < 1.29 is 18.0 Å². The molecule has 36 heavy (non-hydrogen) atoms. The Morgan fingerprint density at radius 3 is 2.25 bits per heavy atom. The van der Waals surface area contributed by atoms with Crippen LogP contribution in [0.1, 0.15) is 24.5 Å². The van der Waals surface area contributed by atoms with Crippen molar-refractivity contribution in [2.45, 2.75) is 36.5 Å². The van der Waals surface area contributed by atoms with Gasteiger partial charge in [0.2, 0.25) is 11.8 Å². The Morgan fingerprint density at radius 2 is 1.56 bits per heavy atom. The molecule has 0 radical (unpaired) electrons. The van der Waals surface area contributed by atoms with Gasteiger partial charge in [0.25, 0.3) is 10.0 Å². The average molecular weight is 526 g/mol. The Bertz CT molecular complexity index is 1260. The zero-order valence-corrected chi connectivity index (χ0v) is 21.8. The highest BCUT2D eigenvalue weighted by atomic mass is 32.2. The normalized spacial score (nSPS) is 12.1. The van der Waals surface area contributed by atoms with E-state index < -0.39 is 15.9 Å². The number of hydrogen-bond acceptors (Lipinski definition) is 6. The van der Waals surface area contributed by atoms with E-state index in [1.807, 2.05) is 59.3 Å². The SMILES string of the molecule is CC(=O)NS(=O)(=O)c1ccccc1-c1ccc(CNCCC(=O)NC[C@H](S)Cc2ccccc2)cc1. The van der Waals surface area contributed by atoms with E-state index in [0.29, 0.717) is 31.6 Å². The fourth-order valence-electron chi connectivity index (χ4n) is 3.70. The van der Waals surface area contributed by atoms with E-state index in [4.69, 9.17) is 0 Å². The average Bonchev–Trinajstić information content (AvgIpc) is 2.86. The van der Waals surface area contributed by atoms with Crippen molar-refractivity contribution in [2.75, 3.05) is 13.1 Å². The summed E-state index contributed by atoms with van der Waals surface area (Å²) in [4.78, 5) is 23.5. The van der Waals surface area contributed by atoms with E-state index in [9.17, 15) is 18.0 Å². The monoisotopic (exact) mass is 525 g/mol. The highest BCUT2D eigenvalue weighted by molar-refractivity contribution is 7.90. The van der Waals surface area contributed by atoms with Gasteiger partial charge >= 0.3 is 0 Å². The van der Waals surface area contributed by atoms with Gasteiger partial charge in [-0.05, 0) is 29.2 Å². The van der Waals surface area contributed by atoms with Crippen molar-refractivity contribution >= 4 is 34.5 Å². The Balaban J connectivity index is 1.45. The molecule has 0 heterocycles. The van der Waals surface area contributed by atoms with Crippen LogP contribution in [0.15, 0.2) is 83.8 Å². The van der Waals surface area contributed by atoms with Crippen molar-refractivity contribution in [3.63, 3.8) is 0 Å². The smallest absolute Gasteiger partial charge is 0.264 e. The molecular formula is C27H31N3O4S2. The number of benzene rings is 3. The van der Waals surface area contributed by atoms with E-state index >= 15 is 0 Å². The third kappa shape index (κ3) is 8.51. The lowest BCUT2D eigenvalue weighted by Crippen LogP contribution is -2.32. The van der Waals surface area contributed by atoms with Crippen molar-refractivity contribution in [3.05, 3.63) is 90.0 Å². The van der Waals surface area contributed by atoms with E-state index in [1.54, 1.807) is 18.2 Å². The van der Waals surface area contributed by atoms with Gasteiger partial charge in [0.05, 0.1) is 4.90 Å². The van der Waals surface area contributed by atoms with E-state index in [1.165, 1.54) is 11.6 Å². The number of carbonyl (C=O) groups is 2. The zero-order valence-electron chi connectivity index (χ0n) is 20.1. The van der Waals surface area contributed by atoms with Crippen molar-refractivity contribution in [1.29, 1.82) is 0 Å². The van der Waals surface area contributed by atoms with Gasteiger partial charge in [-0.25, -0.2) is 13.1 Å². The molecule has 7 nitrogen and oxygen atoms in total. The summed E-state index contributed by atoms with van der Waals surface area (Å²) < 4.78 is 27.1. The van der Waals surface area contributed by atoms with Gasteiger partial charge in [-0.1, -0.05) is 72.8 Å². The van der Waals surface area contributed by atoms with Gasteiger partial charge in [-0.2, -0.15) is 12.6 Å². The third-order valence-electron chi connectivity index (χ3n) is 5.43. The van der Waals surface area contributed by atoms with Crippen molar-refractivity contribution in [1.82, 2.24) is 15.4 Å². The largest absolute Gasteiger partial charge is 0.355 e. The maximum absolute atomic E-state index is 12.5. The Kier molecular flexibility index (Phi) is 10.1. The molecule has 3 aromatic rings. The molecule has 190 valence electrons. The highest BCUT2D eigenvalue weighted by Gasteiger charge is 2.20. The Hall–Kier alpha value is -3.14. The molecule has 3 rings (SSSR count). The predicted octanol–water partition coefficient (Wildman–Crippen LogP) is 3.32. The molecule has 0 aliphatic carbocycles. The maximum atomic E-state index is 12.5. The molecule has 3 aromatic carbocycles. The fourth-order valence-corrected chi connectivity index (χ4v) is 5.22. The third-order valence-corrected chi connectivity index (χ3v) is 7.28. The molecule has 0 aliphatic heterocycles. The maximum Gasteiger partial charge on any atom is 0.264 e. The van der Waals surface area contributed by atoms with Crippen molar-refractivity contribution in [3.8, 4) is 11.1 Å². The van der Waals surface area contributed by atoms with Crippen LogP contribution in [0, 0.1) is 0 Å². The first kappa shape index (κ1) is 27.4. The predicted molar refractivity (Wildman–Crippen MR) is 145 cm³/mol. The summed E-state index contributed by atoms with van der Waals surface area (Å²) in [5, 5.41) is 6.24. The van der Waals surface area contributed by atoms with Crippen LogP contribution in [0.3, 0.4) is 0 Å². The number of hydrogen-bond donors (Lipinski definition) is 4. The zero-order chi connectivity index (χ0) is 26.0. The Morgan fingerprint density at radius 1 is 0.889 bits per heavy atom. The second-order valence-electron chi connectivity index (χ2n) is 8.43. The second-order valence-corrected chi connectivity index (χ2v) is 10.8. The Labute approximate surface area is 218 Å². The summed E-state index contributed by atoms with van der Waals surface area (Å²) in [6.07, 6.45) is 1.15. The molecule has 0 saturated heterocycles. The number of rotatable bonds is 12. The molecule has 0 unspecified atom stereocenters. The van der Waals surface area contributed by atoms with Crippen LogP contribution in [0.5, 0.6) is 0 Å². The molecule has 0 aliphatic rings. The molecule has 0 spiro atoms. The van der Waals surface area contributed by atoms with Crippen LogP contribution in [-0.2, 0) is 32.6 Å². The molecule has 9 heteroatoms. The van der Waals surface area contributed by atoms with Crippen LogP contribution in [0.4, 0.5) is 0 Å². The van der Waals surface area contributed by atoms with Gasteiger partial charge in [-0.3, -0.25) is 9.59 Å². The number of amides is 2. The van der Waals surface area contributed by atoms with E-state index in [0.717, 1.165) is 24.5 Å². The second kappa shape index (κ2) is 13.2. The molecule has 0 fully saturated rings. The topological polar surface area (TPSA) is 104 Å². The lowest BCUT2D eigenvalue weighted by molar-refractivity contribution is -0.121. The molecular weight excluding hydrogens is 494 g/mol. The summed E-state index contributed by atoms with van der Waals surface area (Å²) in [6, 6.07) is 24.1. The van der Waals surface area contributed by atoms with Crippen LogP contribution in [-0.4, -0.2) is 38.6 Å². The summed E-state index contributed by atoms with van der Waals surface area (Å²) >= 11 is 4.56. The van der Waals surface area contributed by atoms with Crippen LogP contribution < -0.4 is 15.4 Å². The number of carbonyl (C=O) groups excluding carboxylic acids is 2. The molecule has 0 bridgehead atoms. The number of sulfonamides is 1. The number of nitrogens with one attached hydrogen (secondary N) is 3. The minimum Gasteiger partial charge on any atom is -0.355 e. The molecule has 0 saturated carbocycles. The fraction of sp³-hybridized carbons (Fsp3) is 0.259. The van der Waals surface area contributed by atoms with Gasteiger partial charge < -0.3 is 10.6 Å². The first-order valence-corrected chi connectivity index (χ1v) is 13.7. The van der Waals surface area contributed by atoms with Crippen LogP contribution >= 0.6 is 12.6 Å². The van der Waals surface area contributed by atoms with Gasteiger partial charge in [0, 0.05) is 43.8 Å². The van der Waals surface area contributed by atoms with E-state index in [2.05, 4.69) is 23.3 Å². The lowest BCUT2D eigenvalue weighted by atomic mass is 10.0. The molecule has 1 atom stereocenters. The molecule has 3 N–H and O–H groups in total. The quantitative estimate of drug-likeness (QED) is 0.215. The standard InChI is InChI=1S/C27H31N3O4S2/c1-20(31)30-36(33,34)26-10-6-5-9-25(26)23-13-11-22(12-14-23)18-28-16-15-27(32)29-19-24(35)17-21-7-3-2-4-8-21/h2-14,24,28,35H,15-19H2,1H3,(H,29,32)(H,30,31)/t24-/m1/s1. The summed E-state index contributed by atoms with van der Waals surface area (Å²) in [7, 11) is -3.96. The van der Waals surface area contributed by atoms with Crippen molar-refractivity contribution in [2.24, 2.45) is 0 Å². The summed E-state index contributed by atoms with van der Waals surface area (Å²) in [5.41, 5.74) is 3.42. The summed E-state index contributed by atoms with van der Waals surface area (Å²) in [5.74, 6) is -0.667. The highest BCUT2D eigenvalue weighted by Crippen LogP contribution is 2.27. The van der Waals surface area contributed by atoms with Gasteiger partial charge in [0.15, 0.2) is 0 Å². The first-order valence-electron chi connectivity index (χ1n) is 11.7. The van der Waals surface area contributed by atoms with Gasteiger partial charge in [-0.15, -0.1) is 0 Å². The minimum absolute atomic E-state index is 0.0260.